The number of para-hydroxylation sites is 1. The molecule has 0 bridgehead atoms. The van der Waals surface area contributed by atoms with E-state index in [1.54, 1.807) is 0 Å². The molecule has 1 heterocycles. The van der Waals surface area contributed by atoms with Crippen LogP contribution in [-0.4, -0.2) is 30.5 Å². The van der Waals surface area contributed by atoms with E-state index in [4.69, 9.17) is 10.5 Å². The second-order valence-corrected chi connectivity index (χ2v) is 6.21. The summed E-state index contributed by atoms with van der Waals surface area (Å²) < 4.78 is 5.71. The van der Waals surface area contributed by atoms with Gasteiger partial charge in [-0.2, -0.15) is 0 Å². The maximum Gasteiger partial charge on any atom is 0.223 e. The molecule has 21 heavy (non-hydrogen) atoms. The van der Waals surface area contributed by atoms with Gasteiger partial charge < -0.3 is 15.4 Å². The first kappa shape index (κ1) is 15.8. The number of carbonyl (C=O) groups excluding carboxylic acids is 1. The fourth-order valence-corrected chi connectivity index (χ4v) is 2.84. The molecule has 1 aromatic rings. The molecule has 0 aromatic heterocycles. The number of rotatable bonds is 5. The van der Waals surface area contributed by atoms with Gasteiger partial charge in [0, 0.05) is 18.5 Å². The summed E-state index contributed by atoms with van der Waals surface area (Å²) in [6, 6.07) is 7.93. The molecule has 0 fully saturated rings. The van der Waals surface area contributed by atoms with Crippen LogP contribution in [0.5, 0.6) is 5.75 Å². The molecule has 4 heteroatoms. The molecule has 1 aliphatic heterocycles. The van der Waals surface area contributed by atoms with Gasteiger partial charge >= 0.3 is 0 Å². The van der Waals surface area contributed by atoms with Crippen molar-refractivity contribution in [2.24, 2.45) is 17.6 Å². The van der Waals surface area contributed by atoms with Gasteiger partial charge in [-0.05, 0) is 30.9 Å². The first-order chi connectivity index (χ1) is 10.1. The van der Waals surface area contributed by atoms with Crippen LogP contribution in [0.3, 0.4) is 0 Å². The van der Waals surface area contributed by atoms with Gasteiger partial charge in [-0.25, -0.2) is 0 Å². The van der Waals surface area contributed by atoms with E-state index >= 15 is 0 Å². The highest BCUT2D eigenvalue weighted by molar-refractivity contribution is 5.76. The minimum Gasteiger partial charge on any atom is -0.491 e. The lowest BCUT2D eigenvalue weighted by Gasteiger charge is -2.23. The second-order valence-electron chi connectivity index (χ2n) is 6.21. The van der Waals surface area contributed by atoms with Crippen molar-refractivity contribution >= 4 is 5.91 Å². The Labute approximate surface area is 127 Å². The summed E-state index contributed by atoms with van der Waals surface area (Å²) in [5.74, 6) is 1.92. The molecule has 0 radical (unpaired) electrons. The van der Waals surface area contributed by atoms with Gasteiger partial charge in [-0.3, -0.25) is 4.79 Å². The van der Waals surface area contributed by atoms with Gasteiger partial charge in [0.2, 0.25) is 5.91 Å². The molecule has 0 saturated heterocycles. The van der Waals surface area contributed by atoms with Crippen molar-refractivity contribution in [1.29, 1.82) is 0 Å². The molecule has 0 saturated carbocycles. The Balaban J connectivity index is 1.99. The Morgan fingerprint density at radius 3 is 2.86 bits per heavy atom. The van der Waals surface area contributed by atoms with E-state index in [0.717, 1.165) is 17.7 Å². The highest BCUT2D eigenvalue weighted by Crippen LogP contribution is 2.24. The zero-order valence-electron chi connectivity index (χ0n) is 13.0. The lowest BCUT2D eigenvalue weighted by atomic mass is 9.93. The second kappa shape index (κ2) is 7.46. The van der Waals surface area contributed by atoms with E-state index < -0.39 is 0 Å². The maximum absolute atomic E-state index is 12.5. The monoisotopic (exact) mass is 290 g/mol. The molecule has 1 atom stereocenters. The van der Waals surface area contributed by atoms with E-state index in [0.29, 0.717) is 38.6 Å². The Kier molecular flexibility index (Phi) is 5.62. The number of hydrogen-bond acceptors (Lipinski definition) is 3. The van der Waals surface area contributed by atoms with Crippen LogP contribution >= 0.6 is 0 Å². The molecule has 116 valence electrons. The number of fused-ring (bicyclic) bond motifs is 1. The van der Waals surface area contributed by atoms with Gasteiger partial charge in [0.1, 0.15) is 12.4 Å². The van der Waals surface area contributed by atoms with Crippen molar-refractivity contribution in [2.75, 3.05) is 19.7 Å². The minimum atomic E-state index is 0.186. The average Bonchev–Trinajstić information content (AvgIpc) is 2.68. The van der Waals surface area contributed by atoms with Crippen LogP contribution in [0.15, 0.2) is 24.3 Å². The van der Waals surface area contributed by atoms with Gasteiger partial charge in [-0.15, -0.1) is 0 Å². The SMILES string of the molecule is CC(C)C[C@H](CN)CC(=O)N1CCOc2ccccc2C1. The summed E-state index contributed by atoms with van der Waals surface area (Å²) in [6.45, 7) is 6.75. The van der Waals surface area contributed by atoms with Crippen molar-refractivity contribution in [3.05, 3.63) is 29.8 Å². The van der Waals surface area contributed by atoms with Gasteiger partial charge in [0.25, 0.3) is 0 Å². The van der Waals surface area contributed by atoms with E-state index in [1.165, 1.54) is 0 Å². The molecular weight excluding hydrogens is 264 g/mol. The molecule has 1 aliphatic rings. The number of nitrogens with zero attached hydrogens (tertiary/aromatic N) is 1. The first-order valence-corrected chi connectivity index (χ1v) is 7.78. The number of ether oxygens (including phenoxy) is 1. The van der Waals surface area contributed by atoms with Gasteiger partial charge in [0.15, 0.2) is 0 Å². The highest BCUT2D eigenvalue weighted by Gasteiger charge is 2.22. The van der Waals surface area contributed by atoms with Crippen LogP contribution in [0.25, 0.3) is 0 Å². The van der Waals surface area contributed by atoms with E-state index in [1.807, 2.05) is 29.2 Å². The maximum atomic E-state index is 12.5. The van der Waals surface area contributed by atoms with Gasteiger partial charge in [-0.1, -0.05) is 32.0 Å². The lowest BCUT2D eigenvalue weighted by Crippen LogP contribution is -2.35. The fourth-order valence-electron chi connectivity index (χ4n) is 2.84. The number of carbonyl (C=O) groups is 1. The van der Waals surface area contributed by atoms with E-state index in [9.17, 15) is 4.79 Å². The molecule has 0 unspecified atom stereocenters. The molecular formula is C17H26N2O2. The summed E-state index contributed by atoms with van der Waals surface area (Å²) in [5, 5.41) is 0. The van der Waals surface area contributed by atoms with Crippen LogP contribution < -0.4 is 10.5 Å². The molecule has 2 rings (SSSR count). The minimum absolute atomic E-state index is 0.186. The van der Waals surface area contributed by atoms with Crippen LogP contribution in [0.2, 0.25) is 0 Å². The van der Waals surface area contributed by atoms with Crippen LogP contribution in [-0.2, 0) is 11.3 Å². The third kappa shape index (κ3) is 4.46. The molecule has 1 amide bonds. The van der Waals surface area contributed by atoms with Crippen molar-refractivity contribution in [3.63, 3.8) is 0 Å². The molecule has 4 nitrogen and oxygen atoms in total. The van der Waals surface area contributed by atoms with E-state index in [-0.39, 0.29) is 11.8 Å². The smallest absolute Gasteiger partial charge is 0.223 e. The van der Waals surface area contributed by atoms with Crippen molar-refractivity contribution in [2.45, 2.75) is 33.2 Å². The topological polar surface area (TPSA) is 55.6 Å². The Morgan fingerprint density at radius 1 is 1.38 bits per heavy atom. The standard InChI is InChI=1S/C17H26N2O2/c1-13(2)9-14(11-18)10-17(20)19-7-8-21-16-6-4-3-5-15(16)12-19/h3-6,13-14H,7-12,18H2,1-2H3/t14-/m0/s1. The summed E-state index contributed by atoms with van der Waals surface area (Å²) in [4.78, 5) is 14.4. The third-order valence-corrected chi connectivity index (χ3v) is 3.91. The first-order valence-electron chi connectivity index (χ1n) is 7.78. The van der Waals surface area contributed by atoms with Crippen molar-refractivity contribution < 1.29 is 9.53 Å². The number of nitrogens with two attached hydrogens (primary N) is 1. The van der Waals surface area contributed by atoms with Crippen molar-refractivity contribution in [1.82, 2.24) is 4.90 Å². The molecule has 2 N–H and O–H groups in total. The zero-order valence-corrected chi connectivity index (χ0v) is 13.0. The normalized spacial score (nSPS) is 16.1. The summed E-state index contributed by atoms with van der Waals surface area (Å²) in [7, 11) is 0. The lowest BCUT2D eigenvalue weighted by molar-refractivity contribution is -0.133. The number of hydrogen-bond donors (Lipinski definition) is 1. The Morgan fingerprint density at radius 2 is 2.14 bits per heavy atom. The largest absolute Gasteiger partial charge is 0.491 e. The van der Waals surface area contributed by atoms with E-state index in [2.05, 4.69) is 13.8 Å². The summed E-state index contributed by atoms with van der Waals surface area (Å²) >= 11 is 0. The third-order valence-electron chi connectivity index (χ3n) is 3.91. The zero-order chi connectivity index (χ0) is 15.2. The summed E-state index contributed by atoms with van der Waals surface area (Å²) in [6.07, 6.45) is 1.54. The molecule has 0 aliphatic carbocycles. The summed E-state index contributed by atoms with van der Waals surface area (Å²) in [5.41, 5.74) is 6.89. The highest BCUT2D eigenvalue weighted by atomic mass is 16.5. The fraction of sp³-hybridized carbons (Fsp3) is 0.588. The average molecular weight is 290 g/mol. The Bertz CT molecular complexity index is 474. The molecule has 1 aromatic carbocycles. The van der Waals surface area contributed by atoms with Crippen LogP contribution in [0, 0.1) is 11.8 Å². The predicted molar refractivity (Wildman–Crippen MR) is 84.0 cm³/mol. The number of benzene rings is 1. The predicted octanol–water partition coefficient (Wildman–Crippen LogP) is 2.42. The van der Waals surface area contributed by atoms with Crippen LogP contribution in [0.4, 0.5) is 0 Å². The quantitative estimate of drug-likeness (QED) is 0.906. The molecule has 0 spiro atoms. The Hall–Kier alpha value is -1.55. The van der Waals surface area contributed by atoms with Gasteiger partial charge in [0.05, 0.1) is 6.54 Å². The van der Waals surface area contributed by atoms with Crippen molar-refractivity contribution in [3.8, 4) is 5.75 Å². The van der Waals surface area contributed by atoms with Crippen LogP contribution in [0.1, 0.15) is 32.3 Å². The number of amides is 1.